The van der Waals surface area contributed by atoms with Gasteiger partial charge in [0.2, 0.25) is 12.1 Å². The summed E-state index contributed by atoms with van der Waals surface area (Å²) in [5.74, 6) is -1.42. The van der Waals surface area contributed by atoms with Crippen LogP contribution in [-0.2, 0) is 9.59 Å². The van der Waals surface area contributed by atoms with Gasteiger partial charge in [-0.1, -0.05) is 48.0 Å². The Balaban J connectivity index is 2.02. The second-order valence-corrected chi connectivity index (χ2v) is 9.02. The number of amides is 2. The summed E-state index contributed by atoms with van der Waals surface area (Å²) in [6.45, 7) is 1.78. The Morgan fingerprint density at radius 3 is 2.57 bits per heavy atom. The topological polar surface area (TPSA) is 79.0 Å². The van der Waals surface area contributed by atoms with Gasteiger partial charge in [-0.25, -0.2) is 9.38 Å². The Hall–Kier alpha value is -3.20. The zero-order chi connectivity index (χ0) is 25.3. The Morgan fingerprint density at radius 2 is 1.89 bits per heavy atom. The Labute approximate surface area is 213 Å². The molecule has 0 aromatic heterocycles. The standard InChI is InChI=1S/C26H24ClFN4O2S/c1-15-8-10-18(28)13-22(15)32-21-11-9-17(27)12-19(21)23(16-6-4-3-5-7-16)30-24(26(32)34)31(2)25(33)20(29)14-35/h3-13,20,24,35H,14,29H2,1-2H3. The predicted octanol–water partition coefficient (Wildman–Crippen LogP) is 4.34. The van der Waals surface area contributed by atoms with E-state index in [1.807, 2.05) is 30.3 Å². The first kappa shape index (κ1) is 24.9. The van der Waals surface area contributed by atoms with Crippen LogP contribution in [0.5, 0.6) is 0 Å². The fraction of sp³-hybridized carbons (Fsp3) is 0.192. The molecular formula is C26H24ClFN4O2S. The predicted molar refractivity (Wildman–Crippen MR) is 140 cm³/mol. The van der Waals surface area contributed by atoms with Crippen LogP contribution in [0.1, 0.15) is 16.7 Å². The van der Waals surface area contributed by atoms with Crippen LogP contribution in [0.2, 0.25) is 5.02 Å². The quantitative estimate of drug-likeness (QED) is 0.501. The molecule has 3 aromatic carbocycles. The molecule has 2 amide bonds. The minimum Gasteiger partial charge on any atom is -0.319 e. The molecule has 0 bridgehead atoms. The molecule has 1 heterocycles. The molecule has 4 rings (SSSR count). The van der Waals surface area contributed by atoms with E-state index in [0.29, 0.717) is 33.2 Å². The zero-order valence-electron chi connectivity index (χ0n) is 19.2. The molecule has 0 spiro atoms. The molecule has 0 fully saturated rings. The maximum absolute atomic E-state index is 14.4. The smallest absolute Gasteiger partial charge is 0.277 e. The number of nitrogens with zero attached hydrogens (tertiary/aromatic N) is 3. The third kappa shape index (κ3) is 4.82. The molecular weight excluding hydrogens is 487 g/mol. The summed E-state index contributed by atoms with van der Waals surface area (Å²) in [7, 11) is 1.47. The molecule has 6 nitrogen and oxygen atoms in total. The first-order valence-corrected chi connectivity index (χ1v) is 11.9. The van der Waals surface area contributed by atoms with E-state index in [4.69, 9.17) is 22.3 Å². The molecule has 1 aliphatic heterocycles. The summed E-state index contributed by atoms with van der Waals surface area (Å²) in [6, 6.07) is 17.6. The molecule has 1 aliphatic rings. The van der Waals surface area contributed by atoms with Gasteiger partial charge in [0.15, 0.2) is 0 Å². The highest BCUT2D eigenvalue weighted by Crippen LogP contribution is 2.37. The number of hydrogen-bond donors (Lipinski definition) is 2. The number of benzene rings is 3. The van der Waals surface area contributed by atoms with E-state index in [1.54, 1.807) is 31.2 Å². The zero-order valence-corrected chi connectivity index (χ0v) is 20.8. The number of aliphatic imine (C=N–C) groups is 1. The molecule has 180 valence electrons. The number of anilines is 2. The lowest BCUT2D eigenvalue weighted by molar-refractivity contribution is -0.137. The lowest BCUT2D eigenvalue weighted by Crippen LogP contribution is -2.52. The number of aryl methyl sites for hydroxylation is 1. The monoisotopic (exact) mass is 510 g/mol. The van der Waals surface area contributed by atoms with Crippen molar-refractivity contribution in [2.75, 3.05) is 17.7 Å². The van der Waals surface area contributed by atoms with Crippen molar-refractivity contribution in [1.29, 1.82) is 0 Å². The third-order valence-corrected chi connectivity index (χ3v) is 6.46. The van der Waals surface area contributed by atoms with Crippen molar-refractivity contribution in [1.82, 2.24) is 4.90 Å². The number of likely N-dealkylation sites (N-methyl/N-ethyl adjacent to an activating group) is 1. The van der Waals surface area contributed by atoms with Crippen molar-refractivity contribution in [3.05, 3.63) is 94.3 Å². The van der Waals surface area contributed by atoms with Crippen LogP contribution in [0, 0.1) is 12.7 Å². The molecule has 35 heavy (non-hydrogen) atoms. The minimum atomic E-state index is -1.27. The van der Waals surface area contributed by atoms with E-state index >= 15 is 0 Å². The lowest BCUT2D eigenvalue weighted by atomic mass is 9.99. The number of benzodiazepines with no additional fused rings is 1. The number of fused-ring (bicyclic) bond motifs is 1. The summed E-state index contributed by atoms with van der Waals surface area (Å²) >= 11 is 10.5. The van der Waals surface area contributed by atoms with Crippen molar-refractivity contribution < 1.29 is 14.0 Å². The second-order valence-electron chi connectivity index (χ2n) is 8.22. The van der Waals surface area contributed by atoms with Crippen LogP contribution in [0.25, 0.3) is 0 Å². The van der Waals surface area contributed by atoms with E-state index < -0.39 is 29.8 Å². The van der Waals surface area contributed by atoms with E-state index in [9.17, 15) is 14.0 Å². The van der Waals surface area contributed by atoms with Crippen molar-refractivity contribution in [3.8, 4) is 0 Å². The number of hydrogen-bond acceptors (Lipinski definition) is 5. The molecule has 2 N–H and O–H groups in total. The molecule has 3 aromatic rings. The number of thiol groups is 1. The first-order valence-electron chi connectivity index (χ1n) is 10.9. The van der Waals surface area contributed by atoms with Gasteiger partial charge in [-0.3, -0.25) is 14.5 Å². The molecule has 2 atom stereocenters. The summed E-state index contributed by atoms with van der Waals surface area (Å²) < 4.78 is 14.4. The SMILES string of the molecule is Cc1ccc(F)cc1N1C(=O)C(N(C)C(=O)C(N)CS)N=C(c2ccccc2)c2cc(Cl)ccc21. The van der Waals surface area contributed by atoms with Crippen LogP contribution in [0.15, 0.2) is 71.7 Å². The summed E-state index contributed by atoms with van der Waals surface area (Å²) in [5, 5.41) is 0.440. The lowest BCUT2D eigenvalue weighted by Gasteiger charge is -2.31. The molecule has 2 unspecified atom stereocenters. The van der Waals surface area contributed by atoms with E-state index in [0.717, 1.165) is 5.56 Å². The third-order valence-electron chi connectivity index (χ3n) is 5.83. The average Bonchev–Trinajstić information content (AvgIpc) is 2.98. The van der Waals surface area contributed by atoms with Gasteiger partial charge in [-0.05, 0) is 42.8 Å². The van der Waals surface area contributed by atoms with Gasteiger partial charge in [0.1, 0.15) is 5.82 Å². The van der Waals surface area contributed by atoms with Crippen molar-refractivity contribution in [2.24, 2.45) is 10.7 Å². The maximum Gasteiger partial charge on any atom is 0.277 e. The molecule has 0 radical (unpaired) electrons. The van der Waals surface area contributed by atoms with Gasteiger partial charge >= 0.3 is 0 Å². The Morgan fingerprint density at radius 1 is 1.17 bits per heavy atom. The van der Waals surface area contributed by atoms with Crippen LogP contribution in [0.3, 0.4) is 0 Å². The first-order chi connectivity index (χ1) is 16.7. The van der Waals surface area contributed by atoms with Gasteiger partial charge in [-0.2, -0.15) is 12.6 Å². The molecule has 0 saturated heterocycles. The maximum atomic E-state index is 14.4. The number of nitrogens with two attached hydrogens (primary N) is 1. The second kappa shape index (κ2) is 10.2. The van der Waals surface area contributed by atoms with Crippen molar-refractivity contribution in [2.45, 2.75) is 19.1 Å². The fourth-order valence-corrected chi connectivity index (χ4v) is 4.31. The molecule has 9 heteroatoms. The summed E-state index contributed by atoms with van der Waals surface area (Å²) in [6.07, 6.45) is -1.27. The van der Waals surface area contributed by atoms with Crippen molar-refractivity contribution in [3.63, 3.8) is 0 Å². The number of carbonyl (C=O) groups is 2. The fourth-order valence-electron chi connectivity index (χ4n) is 3.98. The van der Waals surface area contributed by atoms with Crippen LogP contribution < -0.4 is 10.6 Å². The molecule has 0 saturated carbocycles. The van der Waals surface area contributed by atoms with Crippen LogP contribution in [-0.4, -0.2) is 47.4 Å². The van der Waals surface area contributed by atoms with E-state index in [2.05, 4.69) is 12.6 Å². The summed E-state index contributed by atoms with van der Waals surface area (Å²) in [4.78, 5) is 34.5. The largest absolute Gasteiger partial charge is 0.319 e. The summed E-state index contributed by atoms with van der Waals surface area (Å²) in [5.41, 5.74) is 9.19. The number of halogens is 2. The number of rotatable bonds is 5. The van der Waals surface area contributed by atoms with Crippen LogP contribution >= 0.6 is 24.2 Å². The Kier molecular flexibility index (Phi) is 7.25. The van der Waals surface area contributed by atoms with E-state index in [-0.39, 0.29) is 5.75 Å². The highest BCUT2D eigenvalue weighted by atomic mass is 35.5. The normalized spacial score (nSPS) is 16.3. The average molecular weight is 511 g/mol. The number of carbonyl (C=O) groups excluding carboxylic acids is 2. The molecule has 0 aliphatic carbocycles. The van der Waals surface area contributed by atoms with Gasteiger partial charge in [0, 0.05) is 29.0 Å². The van der Waals surface area contributed by atoms with Crippen LogP contribution in [0.4, 0.5) is 15.8 Å². The van der Waals surface area contributed by atoms with Gasteiger partial charge in [0.25, 0.3) is 5.91 Å². The van der Waals surface area contributed by atoms with E-state index in [1.165, 1.54) is 29.0 Å². The van der Waals surface area contributed by atoms with Gasteiger partial charge in [0.05, 0.1) is 23.1 Å². The van der Waals surface area contributed by atoms with Crippen molar-refractivity contribution >= 4 is 53.1 Å². The van der Waals surface area contributed by atoms with Gasteiger partial charge < -0.3 is 10.6 Å². The minimum absolute atomic E-state index is 0.0991. The highest BCUT2D eigenvalue weighted by molar-refractivity contribution is 7.80. The highest BCUT2D eigenvalue weighted by Gasteiger charge is 2.38. The van der Waals surface area contributed by atoms with Gasteiger partial charge in [-0.15, -0.1) is 0 Å². The Bertz CT molecular complexity index is 1320.